The van der Waals surface area contributed by atoms with Gasteiger partial charge in [0.1, 0.15) is 12.2 Å². The second-order valence-corrected chi connectivity index (χ2v) is 9.26. The van der Waals surface area contributed by atoms with E-state index in [1.165, 1.54) is 0 Å². The lowest BCUT2D eigenvalue weighted by Gasteiger charge is -2.48. The lowest BCUT2D eigenvalue weighted by Crippen LogP contribution is -2.64. The second-order valence-electron chi connectivity index (χ2n) is 9.26. The Morgan fingerprint density at radius 2 is 2.03 bits per heavy atom. The van der Waals surface area contributed by atoms with Crippen LogP contribution in [0.15, 0.2) is 24.3 Å². The Morgan fingerprint density at radius 3 is 2.80 bits per heavy atom. The Balaban J connectivity index is 1.45. The van der Waals surface area contributed by atoms with Gasteiger partial charge in [-0.2, -0.15) is 0 Å². The molecule has 1 aromatic carbocycles. The zero-order valence-electron chi connectivity index (χ0n) is 18.2. The van der Waals surface area contributed by atoms with Gasteiger partial charge in [-0.15, -0.1) is 0 Å². The molecule has 3 heterocycles. The van der Waals surface area contributed by atoms with Crippen molar-refractivity contribution in [3.8, 4) is 0 Å². The Hall–Kier alpha value is -2.41. The smallest absolute Gasteiger partial charge is 0.258 e. The summed E-state index contributed by atoms with van der Waals surface area (Å²) < 4.78 is 0. The maximum atomic E-state index is 13.2. The molecule has 2 fully saturated rings. The first-order valence-electron chi connectivity index (χ1n) is 11.1. The van der Waals surface area contributed by atoms with Crippen LogP contribution in [0.5, 0.6) is 0 Å². The summed E-state index contributed by atoms with van der Waals surface area (Å²) in [5.41, 5.74) is 0.345. The number of likely N-dealkylation sites (tertiary alicyclic amines) is 1. The normalized spacial score (nSPS) is 26.7. The summed E-state index contributed by atoms with van der Waals surface area (Å²) in [6, 6.07) is 7.69. The van der Waals surface area contributed by atoms with Gasteiger partial charge in [0.15, 0.2) is 0 Å². The summed E-state index contributed by atoms with van der Waals surface area (Å²) in [7, 11) is 0. The van der Waals surface area contributed by atoms with Gasteiger partial charge in [-0.05, 0) is 64.6 Å². The van der Waals surface area contributed by atoms with E-state index in [9.17, 15) is 14.4 Å². The van der Waals surface area contributed by atoms with Gasteiger partial charge in [-0.25, -0.2) is 0 Å². The molecule has 7 nitrogen and oxygen atoms in total. The minimum Gasteiger partial charge on any atom is -0.354 e. The number of nitrogens with one attached hydrogen (secondary N) is 1. The topological polar surface area (TPSA) is 73.0 Å². The van der Waals surface area contributed by atoms with Crippen LogP contribution in [0.1, 0.15) is 56.8 Å². The molecule has 3 aliphatic heterocycles. The zero-order chi connectivity index (χ0) is 21.5. The van der Waals surface area contributed by atoms with Crippen molar-refractivity contribution in [2.24, 2.45) is 5.92 Å². The van der Waals surface area contributed by atoms with E-state index in [2.05, 4.69) is 24.1 Å². The van der Waals surface area contributed by atoms with Gasteiger partial charge < -0.3 is 15.1 Å². The van der Waals surface area contributed by atoms with Gasteiger partial charge in [0, 0.05) is 25.6 Å². The first kappa shape index (κ1) is 20.8. The van der Waals surface area contributed by atoms with Crippen molar-refractivity contribution in [1.82, 2.24) is 15.1 Å². The van der Waals surface area contributed by atoms with Crippen LogP contribution in [0.2, 0.25) is 0 Å². The Bertz CT molecular complexity index is 855. The van der Waals surface area contributed by atoms with Crippen molar-refractivity contribution in [2.45, 2.75) is 58.2 Å². The summed E-state index contributed by atoms with van der Waals surface area (Å²) in [5, 5.41) is 3.05. The van der Waals surface area contributed by atoms with Crippen LogP contribution in [0.25, 0.3) is 0 Å². The van der Waals surface area contributed by atoms with Crippen LogP contribution in [0.3, 0.4) is 0 Å². The summed E-state index contributed by atoms with van der Waals surface area (Å²) >= 11 is 0. The highest BCUT2D eigenvalue weighted by atomic mass is 16.2. The lowest BCUT2D eigenvalue weighted by molar-refractivity contribution is -0.124. The van der Waals surface area contributed by atoms with Crippen molar-refractivity contribution in [3.05, 3.63) is 29.8 Å². The molecule has 162 valence electrons. The zero-order valence-corrected chi connectivity index (χ0v) is 18.2. The summed E-state index contributed by atoms with van der Waals surface area (Å²) in [4.78, 5) is 44.4. The molecule has 0 spiro atoms. The van der Waals surface area contributed by atoms with Crippen LogP contribution in [-0.4, -0.2) is 65.4 Å². The highest BCUT2D eigenvalue weighted by Gasteiger charge is 2.53. The number of benzene rings is 1. The minimum absolute atomic E-state index is 0.00107. The predicted molar refractivity (Wildman–Crippen MR) is 115 cm³/mol. The molecule has 3 aliphatic rings. The van der Waals surface area contributed by atoms with Gasteiger partial charge in [-0.1, -0.05) is 12.1 Å². The van der Waals surface area contributed by atoms with E-state index in [4.69, 9.17) is 0 Å². The van der Waals surface area contributed by atoms with E-state index in [1.54, 1.807) is 21.9 Å². The molecular weight excluding hydrogens is 380 g/mol. The predicted octanol–water partition coefficient (Wildman–Crippen LogP) is 2.22. The van der Waals surface area contributed by atoms with E-state index in [0.29, 0.717) is 42.6 Å². The molecule has 1 N–H and O–H groups in total. The van der Waals surface area contributed by atoms with Crippen LogP contribution in [-0.2, 0) is 9.59 Å². The molecule has 3 amide bonds. The fourth-order valence-electron chi connectivity index (χ4n) is 5.13. The number of piperidine rings is 1. The van der Waals surface area contributed by atoms with Gasteiger partial charge >= 0.3 is 0 Å². The number of para-hydroxylation sites is 1. The number of carbonyl (C=O) groups is 3. The lowest BCUT2D eigenvalue weighted by atomic mass is 9.96. The monoisotopic (exact) mass is 412 g/mol. The van der Waals surface area contributed by atoms with E-state index >= 15 is 0 Å². The number of nitrogens with zero attached hydrogens (tertiary/aromatic N) is 3. The van der Waals surface area contributed by atoms with Gasteiger partial charge in [-0.3, -0.25) is 19.3 Å². The molecule has 7 heteroatoms. The molecule has 2 atom stereocenters. The highest BCUT2D eigenvalue weighted by molar-refractivity contribution is 6.11. The first-order valence-corrected chi connectivity index (χ1v) is 11.1. The largest absolute Gasteiger partial charge is 0.354 e. The standard InChI is InChI=1S/C23H32N4O3/c1-16(2)25-12-6-7-17(14-25)13-24-20(28)15-26-22(30)18-8-4-5-9-19(18)27-21(29)10-11-23(26,27)3/h4-5,8-9,16-17H,6-7,10-15H2,1-3H3,(H,24,28). The third-order valence-corrected chi connectivity index (χ3v) is 6.92. The third-order valence-electron chi connectivity index (χ3n) is 6.92. The fourth-order valence-corrected chi connectivity index (χ4v) is 5.13. The average molecular weight is 413 g/mol. The average Bonchev–Trinajstić information content (AvgIpc) is 3.05. The van der Waals surface area contributed by atoms with Crippen LogP contribution in [0, 0.1) is 5.92 Å². The number of rotatable bonds is 5. The summed E-state index contributed by atoms with van der Waals surface area (Å²) in [6.07, 6.45) is 3.17. The first-order chi connectivity index (χ1) is 14.3. The molecule has 0 bridgehead atoms. The molecule has 2 unspecified atom stereocenters. The molecule has 30 heavy (non-hydrogen) atoms. The SMILES string of the molecule is CC(C)N1CCCC(CNC(=O)CN2C(=O)c3ccccc3N3C(=O)CCC23C)C1. The van der Waals surface area contributed by atoms with Crippen molar-refractivity contribution in [3.63, 3.8) is 0 Å². The Labute approximate surface area is 178 Å². The molecule has 4 rings (SSSR count). The molecular formula is C23H32N4O3. The van der Waals surface area contributed by atoms with Crippen molar-refractivity contribution < 1.29 is 14.4 Å². The van der Waals surface area contributed by atoms with Crippen LogP contribution >= 0.6 is 0 Å². The molecule has 1 aromatic rings. The number of amides is 3. The van der Waals surface area contributed by atoms with Crippen LogP contribution in [0.4, 0.5) is 5.69 Å². The van der Waals surface area contributed by atoms with Gasteiger partial charge in [0.05, 0.1) is 11.3 Å². The molecule has 2 saturated heterocycles. The van der Waals surface area contributed by atoms with E-state index in [0.717, 1.165) is 25.9 Å². The number of carbonyl (C=O) groups excluding carboxylic acids is 3. The maximum absolute atomic E-state index is 13.2. The molecule has 0 aliphatic carbocycles. The van der Waals surface area contributed by atoms with Gasteiger partial charge in [0.2, 0.25) is 11.8 Å². The molecule has 0 saturated carbocycles. The number of fused-ring (bicyclic) bond motifs is 3. The number of anilines is 1. The minimum atomic E-state index is -0.793. The number of hydrogen-bond donors (Lipinski definition) is 1. The van der Waals surface area contributed by atoms with E-state index in [-0.39, 0.29) is 24.3 Å². The molecule has 0 radical (unpaired) electrons. The summed E-state index contributed by atoms with van der Waals surface area (Å²) in [6.45, 7) is 9.00. The van der Waals surface area contributed by atoms with E-state index in [1.807, 2.05) is 19.1 Å². The fraction of sp³-hybridized carbons (Fsp3) is 0.609. The Kier molecular flexibility index (Phi) is 5.57. The number of hydrogen-bond acceptors (Lipinski definition) is 4. The van der Waals surface area contributed by atoms with Gasteiger partial charge in [0.25, 0.3) is 5.91 Å². The van der Waals surface area contributed by atoms with Crippen molar-refractivity contribution >= 4 is 23.4 Å². The third kappa shape index (κ3) is 3.60. The Morgan fingerprint density at radius 1 is 1.27 bits per heavy atom. The van der Waals surface area contributed by atoms with Crippen LogP contribution < -0.4 is 10.2 Å². The quantitative estimate of drug-likeness (QED) is 0.805. The van der Waals surface area contributed by atoms with Crippen molar-refractivity contribution in [2.75, 3.05) is 31.1 Å². The van der Waals surface area contributed by atoms with Crippen molar-refractivity contribution in [1.29, 1.82) is 0 Å². The highest BCUT2D eigenvalue weighted by Crippen LogP contribution is 2.43. The summed E-state index contributed by atoms with van der Waals surface area (Å²) in [5.74, 6) is 0.0876. The second kappa shape index (κ2) is 8.02. The van der Waals surface area contributed by atoms with E-state index < -0.39 is 5.66 Å². The molecule has 0 aromatic heterocycles. The maximum Gasteiger partial charge on any atom is 0.258 e.